The molecule has 0 saturated carbocycles. The van der Waals surface area contributed by atoms with Crippen molar-refractivity contribution in [2.24, 2.45) is 5.73 Å². The van der Waals surface area contributed by atoms with Gasteiger partial charge in [0.25, 0.3) is 0 Å². The molecule has 0 spiro atoms. The average molecular weight is 240 g/mol. The quantitative estimate of drug-likeness (QED) is 0.844. The number of halogens is 1. The first-order chi connectivity index (χ1) is 6.09. The van der Waals surface area contributed by atoms with Crippen LogP contribution in [0.25, 0.3) is 6.08 Å². The number of hydrogen-bond acceptors (Lipinski definition) is 1. The van der Waals surface area contributed by atoms with Crippen molar-refractivity contribution in [3.05, 3.63) is 39.9 Å². The minimum Gasteiger partial charge on any atom is -0.325 e. The van der Waals surface area contributed by atoms with Gasteiger partial charge in [-0.3, -0.25) is 0 Å². The summed E-state index contributed by atoms with van der Waals surface area (Å²) in [6, 6.07) is 6.33. The van der Waals surface area contributed by atoms with Crippen LogP contribution in [0.3, 0.4) is 0 Å². The van der Waals surface area contributed by atoms with Crippen LogP contribution in [-0.2, 0) is 0 Å². The Kier molecular flexibility index (Phi) is 3.70. The molecule has 0 aliphatic heterocycles. The fourth-order valence-electron chi connectivity index (χ4n) is 1.08. The molecule has 1 rings (SSSR count). The Morgan fingerprint density at radius 2 is 2.15 bits per heavy atom. The van der Waals surface area contributed by atoms with Crippen LogP contribution in [0.15, 0.2) is 28.7 Å². The topological polar surface area (TPSA) is 26.0 Å². The molecule has 1 aromatic carbocycles. The molecule has 0 radical (unpaired) electrons. The summed E-state index contributed by atoms with van der Waals surface area (Å²) < 4.78 is 1.11. The molecule has 0 aliphatic rings. The number of rotatable bonds is 2. The minimum atomic E-state index is 0.114. The summed E-state index contributed by atoms with van der Waals surface area (Å²) in [6.45, 7) is 4.05. The lowest BCUT2D eigenvalue weighted by atomic mass is 10.1. The maximum atomic E-state index is 5.62. The van der Waals surface area contributed by atoms with E-state index in [1.807, 2.05) is 19.1 Å². The molecule has 0 amide bonds. The zero-order chi connectivity index (χ0) is 9.84. The molecule has 0 bridgehead atoms. The van der Waals surface area contributed by atoms with Gasteiger partial charge < -0.3 is 5.73 Å². The lowest BCUT2D eigenvalue weighted by Crippen LogP contribution is -2.09. The summed E-state index contributed by atoms with van der Waals surface area (Å²) >= 11 is 3.43. The van der Waals surface area contributed by atoms with Gasteiger partial charge in [0.15, 0.2) is 0 Å². The highest BCUT2D eigenvalue weighted by Crippen LogP contribution is 2.16. The fourth-order valence-corrected chi connectivity index (χ4v) is 1.56. The number of benzene rings is 1. The van der Waals surface area contributed by atoms with E-state index in [1.165, 1.54) is 11.1 Å². The first-order valence-electron chi connectivity index (χ1n) is 4.29. The van der Waals surface area contributed by atoms with Crippen LogP contribution in [0, 0.1) is 6.92 Å². The summed E-state index contributed by atoms with van der Waals surface area (Å²) in [5, 5.41) is 0. The molecule has 1 atom stereocenters. The Labute approximate surface area is 87.8 Å². The second kappa shape index (κ2) is 4.58. The van der Waals surface area contributed by atoms with Crippen molar-refractivity contribution in [1.82, 2.24) is 0 Å². The normalized spacial score (nSPS) is 13.5. The maximum Gasteiger partial charge on any atom is 0.0198 e. The second-order valence-electron chi connectivity index (χ2n) is 3.22. The molecule has 0 aromatic heterocycles. The van der Waals surface area contributed by atoms with Crippen molar-refractivity contribution in [2.45, 2.75) is 19.9 Å². The SMILES string of the molecule is Cc1cc(Br)ccc1/C=C/C(C)N. The minimum absolute atomic E-state index is 0.114. The van der Waals surface area contributed by atoms with Gasteiger partial charge in [0.2, 0.25) is 0 Å². The summed E-state index contributed by atoms with van der Waals surface area (Å²) in [5.74, 6) is 0. The van der Waals surface area contributed by atoms with Gasteiger partial charge in [0, 0.05) is 10.5 Å². The molecular weight excluding hydrogens is 226 g/mol. The molecule has 0 heterocycles. The van der Waals surface area contributed by atoms with Gasteiger partial charge in [0.05, 0.1) is 0 Å². The van der Waals surface area contributed by atoms with Gasteiger partial charge in [-0.2, -0.15) is 0 Å². The molecule has 0 aliphatic carbocycles. The van der Waals surface area contributed by atoms with E-state index in [-0.39, 0.29) is 6.04 Å². The Balaban J connectivity index is 2.90. The van der Waals surface area contributed by atoms with Gasteiger partial charge in [-0.1, -0.05) is 34.1 Å². The molecule has 70 valence electrons. The Morgan fingerprint density at radius 1 is 1.46 bits per heavy atom. The van der Waals surface area contributed by atoms with E-state index in [4.69, 9.17) is 5.73 Å². The van der Waals surface area contributed by atoms with Crippen LogP contribution in [0.1, 0.15) is 18.1 Å². The van der Waals surface area contributed by atoms with Crippen LogP contribution < -0.4 is 5.73 Å². The summed E-state index contributed by atoms with van der Waals surface area (Å²) in [5.41, 5.74) is 8.10. The zero-order valence-corrected chi connectivity index (χ0v) is 9.51. The van der Waals surface area contributed by atoms with E-state index >= 15 is 0 Å². The van der Waals surface area contributed by atoms with Crippen molar-refractivity contribution in [2.75, 3.05) is 0 Å². The van der Waals surface area contributed by atoms with Crippen molar-refractivity contribution in [3.8, 4) is 0 Å². The first kappa shape index (κ1) is 10.5. The van der Waals surface area contributed by atoms with Gasteiger partial charge in [-0.25, -0.2) is 0 Å². The van der Waals surface area contributed by atoms with Gasteiger partial charge in [0.1, 0.15) is 0 Å². The molecule has 0 saturated heterocycles. The monoisotopic (exact) mass is 239 g/mol. The molecule has 1 nitrogen and oxygen atoms in total. The van der Waals surface area contributed by atoms with Crippen LogP contribution in [-0.4, -0.2) is 6.04 Å². The number of aryl methyl sites for hydroxylation is 1. The number of nitrogens with two attached hydrogens (primary N) is 1. The van der Waals surface area contributed by atoms with Gasteiger partial charge in [-0.05, 0) is 37.1 Å². The molecule has 2 heteroatoms. The molecule has 2 N–H and O–H groups in total. The predicted molar refractivity (Wildman–Crippen MR) is 61.6 cm³/mol. The lowest BCUT2D eigenvalue weighted by Gasteiger charge is -2.01. The molecule has 1 unspecified atom stereocenters. The average Bonchev–Trinajstić information content (AvgIpc) is 2.02. The van der Waals surface area contributed by atoms with E-state index in [0.29, 0.717) is 0 Å². The van der Waals surface area contributed by atoms with Crippen LogP contribution in [0.2, 0.25) is 0 Å². The smallest absolute Gasteiger partial charge is 0.0198 e. The zero-order valence-electron chi connectivity index (χ0n) is 7.92. The molecular formula is C11H14BrN. The highest BCUT2D eigenvalue weighted by Gasteiger charge is 1.94. The first-order valence-corrected chi connectivity index (χ1v) is 5.09. The molecule has 1 aromatic rings. The third kappa shape index (κ3) is 3.33. The van der Waals surface area contributed by atoms with Gasteiger partial charge >= 0.3 is 0 Å². The highest BCUT2D eigenvalue weighted by atomic mass is 79.9. The van der Waals surface area contributed by atoms with Crippen LogP contribution in [0.4, 0.5) is 0 Å². The Bertz CT molecular complexity index is 316. The largest absolute Gasteiger partial charge is 0.325 e. The van der Waals surface area contributed by atoms with Crippen molar-refractivity contribution >= 4 is 22.0 Å². The summed E-state index contributed by atoms with van der Waals surface area (Å²) in [7, 11) is 0. The molecule has 0 fully saturated rings. The lowest BCUT2D eigenvalue weighted by molar-refractivity contribution is 0.930. The second-order valence-corrected chi connectivity index (χ2v) is 4.13. The van der Waals surface area contributed by atoms with Crippen molar-refractivity contribution < 1.29 is 0 Å². The van der Waals surface area contributed by atoms with Gasteiger partial charge in [-0.15, -0.1) is 0 Å². The predicted octanol–water partition coefficient (Wildman–Crippen LogP) is 3.12. The summed E-state index contributed by atoms with van der Waals surface area (Å²) in [4.78, 5) is 0. The maximum absolute atomic E-state index is 5.62. The van der Waals surface area contributed by atoms with E-state index in [0.717, 1.165) is 4.47 Å². The van der Waals surface area contributed by atoms with Crippen LogP contribution >= 0.6 is 15.9 Å². The van der Waals surface area contributed by atoms with Crippen LogP contribution in [0.5, 0.6) is 0 Å². The van der Waals surface area contributed by atoms with E-state index in [9.17, 15) is 0 Å². The van der Waals surface area contributed by atoms with E-state index in [1.54, 1.807) is 0 Å². The third-order valence-corrected chi connectivity index (χ3v) is 2.30. The molecule has 13 heavy (non-hydrogen) atoms. The Hall–Kier alpha value is -0.600. The van der Waals surface area contributed by atoms with Crippen molar-refractivity contribution in [3.63, 3.8) is 0 Å². The Morgan fingerprint density at radius 3 is 2.69 bits per heavy atom. The van der Waals surface area contributed by atoms with E-state index in [2.05, 4.69) is 41.1 Å². The standard InChI is InChI=1S/C11H14BrN/c1-8-7-11(12)6-5-10(8)4-3-9(2)13/h3-7,9H,13H2,1-2H3/b4-3+. The third-order valence-electron chi connectivity index (χ3n) is 1.81. The van der Waals surface area contributed by atoms with E-state index < -0.39 is 0 Å². The summed E-state index contributed by atoms with van der Waals surface area (Å²) in [6.07, 6.45) is 4.06. The highest BCUT2D eigenvalue weighted by molar-refractivity contribution is 9.10. The van der Waals surface area contributed by atoms with Crippen molar-refractivity contribution in [1.29, 1.82) is 0 Å². The fraction of sp³-hybridized carbons (Fsp3) is 0.273. The number of hydrogen-bond donors (Lipinski definition) is 1.